The van der Waals surface area contributed by atoms with E-state index in [0.29, 0.717) is 11.3 Å². The Balaban J connectivity index is 2.34. The Labute approximate surface area is 138 Å². The summed E-state index contributed by atoms with van der Waals surface area (Å²) in [6.45, 7) is 0. The molecule has 0 amide bonds. The summed E-state index contributed by atoms with van der Waals surface area (Å²) in [6.07, 6.45) is 0. The van der Waals surface area contributed by atoms with Crippen LogP contribution in [0.4, 0.5) is 5.69 Å². The van der Waals surface area contributed by atoms with Gasteiger partial charge in [0.15, 0.2) is 5.84 Å². The molecular formula is C17H15N5O2. The topological polar surface area (TPSA) is 124 Å². The van der Waals surface area contributed by atoms with E-state index < -0.39 is 11.8 Å². The predicted octanol–water partition coefficient (Wildman–Crippen LogP) is 2.37. The molecule has 2 aromatic carbocycles. The van der Waals surface area contributed by atoms with E-state index in [2.05, 4.69) is 15.3 Å². The van der Waals surface area contributed by atoms with Crippen LogP contribution in [0.1, 0.15) is 10.4 Å². The SMILES string of the molecule is COC(=O)c1ccc(-c2ccccc2N/N=C(\C#N)C(=N)N)cc1. The average molecular weight is 321 g/mol. The molecule has 0 unspecified atom stereocenters. The van der Waals surface area contributed by atoms with Gasteiger partial charge in [-0.05, 0) is 23.8 Å². The fourth-order valence-electron chi connectivity index (χ4n) is 2.00. The van der Waals surface area contributed by atoms with Gasteiger partial charge in [-0.2, -0.15) is 10.4 Å². The summed E-state index contributed by atoms with van der Waals surface area (Å²) in [7, 11) is 1.33. The van der Waals surface area contributed by atoms with Crippen LogP contribution in [0.5, 0.6) is 0 Å². The fourth-order valence-corrected chi connectivity index (χ4v) is 2.00. The van der Waals surface area contributed by atoms with Crippen LogP contribution in [0.15, 0.2) is 53.6 Å². The smallest absolute Gasteiger partial charge is 0.337 e. The maximum Gasteiger partial charge on any atom is 0.337 e. The summed E-state index contributed by atoms with van der Waals surface area (Å²) in [5.74, 6) is -0.817. The molecule has 120 valence electrons. The second-order valence-electron chi connectivity index (χ2n) is 4.71. The van der Waals surface area contributed by atoms with Gasteiger partial charge < -0.3 is 10.5 Å². The van der Waals surface area contributed by atoms with Crippen molar-refractivity contribution in [3.63, 3.8) is 0 Å². The fraction of sp³-hybridized carbons (Fsp3) is 0.0588. The van der Waals surface area contributed by atoms with E-state index in [1.165, 1.54) is 7.11 Å². The summed E-state index contributed by atoms with van der Waals surface area (Å²) in [4.78, 5) is 11.5. The minimum atomic E-state index is -0.412. The highest BCUT2D eigenvalue weighted by Gasteiger charge is 2.08. The summed E-state index contributed by atoms with van der Waals surface area (Å²) in [5, 5.41) is 20.0. The number of esters is 1. The molecular weight excluding hydrogens is 306 g/mol. The molecule has 0 aliphatic rings. The van der Waals surface area contributed by atoms with Gasteiger partial charge in [0.25, 0.3) is 0 Å². The van der Waals surface area contributed by atoms with Gasteiger partial charge in [0, 0.05) is 5.56 Å². The van der Waals surface area contributed by atoms with Gasteiger partial charge in [-0.3, -0.25) is 10.8 Å². The molecule has 0 aliphatic heterocycles. The molecule has 7 nitrogen and oxygen atoms in total. The first-order valence-corrected chi connectivity index (χ1v) is 6.92. The lowest BCUT2D eigenvalue weighted by atomic mass is 10.0. The summed E-state index contributed by atoms with van der Waals surface area (Å²) in [6, 6.07) is 16.0. The van der Waals surface area contributed by atoms with Crippen LogP contribution in [-0.2, 0) is 4.74 Å². The quantitative estimate of drug-likeness (QED) is 0.337. The molecule has 0 radical (unpaired) electrons. The molecule has 0 saturated heterocycles. The molecule has 4 N–H and O–H groups in total. The first-order valence-electron chi connectivity index (χ1n) is 6.92. The molecule has 2 aromatic rings. The number of hydrazone groups is 1. The lowest BCUT2D eigenvalue weighted by Gasteiger charge is -2.10. The number of carbonyl (C=O) groups excluding carboxylic acids is 1. The van der Waals surface area contributed by atoms with E-state index >= 15 is 0 Å². The number of anilines is 1. The summed E-state index contributed by atoms with van der Waals surface area (Å²) >= 11 is 0. The Bertz CT molecular complexity index is 835. The standard InChI is InChI=1S/C17H15N5O2/c1-24-17(23)12-8-6-11(7-9-12)13-4-2-3-5-14(13)21-22-15(10-18)16(19)20/h2-9,21H,1H3,(H3,19,20)/b22-15+. The van der Waals surface area contributed by atoms with Crippen LogP contribution in [0.3, 0.4) is 0 Å². The number of hydrogen-bond acceptors (Lipinski definition) is 6. The van der Waals surface area contributed by atoms with E-state index in [-0.39, 0.29) is 5.71 Å². The molecule has 0 atom stereocenters. The lowest BCUT2D eigenvalue weighted by Crippen LogP contribution is -2.21. The third-order valence-corrected chi connectivity index (χ3v) is 3.19. The van der Waals surface area contributed by atoms with E-state index in [0.717, 1.165) is 11.1 Å². The number of nitrogens with one attached hydrogen (secondary N) is 2. The van der Waals surface area contributed by atoms with Gasteiger partial charge in [0.05, 0.1) is 18.4 Å². The maximum atomic E-state index is 11.5. The molecule has 7 heteroatoms. The van der Waals surface area contributed by atoms with E-state index in [1.807, 2.05) is 18.2 Å². The molecule has 2 rings (SSSR count). The van der Waals surface area contributed by atoms with Crippen molar-refractivity contribution in [1.82, 2.24) is 0 Å². The highest BCUT2D eigenvalue weighted by Crippen LogP contribution is 2.28. The normalized spacial score (nSPS) is 10.6. The minimum absolute atomic E-state index is 0.203. The van der Waals surface area contributed by atoms with E-state index in [9.17, 15) is 4.79 Å². The Kier molecular flexibility index (Phi) is 5.26. The predicted molar refractivity (Wildman–Crippen MR) is 91.8 cm³/mol. The first kappa shape index (κ1) is 16.7. The Hall–Kier alpha value is -3.66. The third-order valence-electron chi connectivity index (χ3n) is 3.19. The molecule has 24 heavy (non-hydrogen) atoms. The van der Waals surface area contributed by atoms with Crippen LogP contribution in [-0.4, -0.2) is 24.6 Å². The molecule has 0 saturated carbocycles. The number of nitrogens with zero attached hydrogens (tertiary/aromatic N) is 2. The van der Waals surface area contributed by atoms with Gasteiger partial charge in [-0.1, -0.05) is 30.3 Å². The van der Waals surface area contributed by atoms with Crippen molar-refractivity contribution < 1.29 is 9.53 Å². The second-order valence-corrected chi connectivity index (χ2v) is 4.71. The van der Waals surface area contributed by atoms with Crippen LogP contribution in [0, 0.1) is 16.7 Å². The van der Waals surface area contributed by atoms with Crippen molar-refractivity contribution in [2.24, 2.45) is 10.8 Å². The number of benzene rings is 2. The van der Waals surface area contributed by atoms with Gasteiger partial charge in [-0.15, -0.1) is 0 Å². The van der Waals surface area contributed by atoms with Crippen LogP contribution >= 0.6 is 0 Å². The van der Waals surface area contributed by atoms with Crippen LogP contribution in [0.25, 0.3) is 11.1 Å². The van der Waals surface area contributed by atoms with Gasteiger partial charge in [0.1, 0.15) is 6.07 Å². The molecule has 0 bridgehead atoms. The number of carbonyl (C=O) groups is 1. The van der Waals surface area contributed by atoms with Crippen molar-refractivity contribution in [3.05, 3.63) is 54.1 Å². The van der Waals surface area contributed by atoms with Crippen molar-refractivity contribution >= 4 is 23.2 Å². The highest BCUT2D eigenvalue weighted by atomic mass is 16.5. The molecule has 0 spiro atoms. The Morgan fingerprint density at radius 1 is 1.25 bits per heavy atom. The number of nitriles is 1. The third kappa shape index (κ3) is 3.75. The number of hydrogen-bond donors (Lipinski definition) is 3. The number of methoxy groups -OCH3 is 1. The van der Waals surface area contributed by atoms with Crippen molar-refractivity contribution in [1.29, 1.82) is 10.7 Å². The molecule has 0 heterocycles. The molecule has 0 aliphatic carbocycles. The Morgan fingerprint density at radius 2 is 1.92 bits per heavy atom. The number of ether oxygens (including phenoxy) is 1. The zero-order valence-electron chi connectivity index (χ0n) is 12.9. The maximum absolute atomic E-state index is 11.5. The monoisotopic (exact) mass is 321 g/mol. The van der Waals surface area contributed by atoms with E-state index in [1.54, 1.807) is 36.4 Å². The largest absolute Gasteiger partial charge is 0.465 e. The van der Waals surface area contributed by atoms with Crippen LogP contribution in [0.2, 0.25) is 0 Å². The number of para-hydroxylation sites is 1. The average Bonchev–Trinajstić information content (AvgIpc) is 2.62. The van der Waals surface area contributed by atoms with Crippen molar-refractivity contribution in [2.75, 3.05) is 12.5 Å². The Morgan fingerprint density at radius 3 is 2.50 bits per heavy atom. The number of rotatable bonds is 5. The number of amidine groups is 1. The van der Waals surface area contributed by atoms with Gasteiger partial charge in [-0.25, -0.2) is 4.79 Å². The van der Waals surface area contributed by atoms with Gasteiger partial charge in [0.2, 0.25) is 5.71 Å². The summed E-state index contributed by atoms with van der Waals surface area (Å²) in [5.41, 5.74) is 10.6. The lowest BCUT2D eigenvalue weighted by molar-refractivity contribution is 0.0601. The first-order chi connectivity index (χ1) is 11.6. The minimum Gasteiger partial charge on any atom is -0.465 e. The highest BCUT2D eigenvalue weighted by molar-refractivity contribution is 6.45. The second kappa shape index (κ2) is 7.56. The number of nitrogens with two attached hydrogens (primary N) is 1. The zero-order valence-corrected chi connectivity index (χ0v) is 12.9. The van der Waals surface area contributed by atoms with Crippen molar-refractivity contribution in [3.8, 4) is 17.2 Å². The van der Waals surface area contributed by atoms with Crippen LogP contribution < -0.4 is 11.2 Å². The van der Waals surface area contributed by atoms with E-state index in [4.69, 9.17) is 16.4 Å². The summed E-state index contributed by atoms with van der Waals surface area (Å²) < 4.78 is 4.67. The molecule has 0 aromatic heterocycles. The van der Waals surface area contributed by atoms with Gasteiger partial charge >= 0.3 is 5.97 Å². The zero-order chi connectivity index (χ0) is 17.5. The van der Waals surface area contributed by atoms with Crippen molar-refractivity contribution in [2.45, 2.75) is 0 Å². The molecule has 0 fully saturated rings.